The van der Waals surface area contributed by atoms with Crippen LogP contribution >= 0.6 is 0 Å². The molecular weight excluding hydrogens is 321 g/mol. The second kappa shape index (κ2) is 8.81. The molecule has 2 rings (SSSR count). The van der Waals surface area contributed by atoms with Gasteiger partial charge in [-0.25, -0.2) is 4.39 Å². The normalized spacial score (nSPS) is 11.6. The lowest BCUT2D eigenvalue weighted by molar-refractivity contribution is -0.123. The number of rotatable bonds is 7. The third kappa shape index (κ3) is 5.30. The molecule has 0 aliphatic heterocycles. The van der Waals surface area contributed by atoms with Gasteiger partial charge in [-0.3, -0.25) is 4.79 Å². The molecule has 1 atom stereocenters. The van der Waals surface area contributed by atoms with Gasteiger partial charge in [0.1, 0.15) is 17.6 Å². The third-order valence-electron chi connectivity index (χ3n) is 3.72. The van der Waals surface area contributed by atoms with Crippen molar-refractivity contribution in [1.29, 1.82) is 5.26 Å². The smallest absolute Gasteiger partial charge is 0.258 e. The first-order chi connectivity index (χ1) is 12.0. The number of para-hydroxylation sites is 1. The van der Waals surface area contributed by atoms with Gasteiger partial charge in [0.25, 0.3) is 5.91 Å². The largest absolute Gasteiger partial charge is 0.482 e. The summed E-state index contributed by atoms with van der Waals surface area (Å²) in [5.74, 6) is -0.252. The van der Waals surface area contributed by atoms with Gasteiger partial charge in [-0.15, -0.1) is 0 Å². The van der Waals surface area contributed by atoms with Gasteiger partial charge in [-0.05, 0) is 43.9 Å². The van der Waals surface area contributed by atoms with Gasteiger partial charge in [-0.1, -0.05) is 24.3 Å². The quantitative estimate of drug-likeness (QED) is 0.840. The van der Waals surface area contributed by atoms with Crippen LogP contribution in [0.4, 0.5) is 4.39 Å². The highest BCUT2D eigenvalue weighted by atomic mass is 19.1. The Morgan fingerprint density at radius 1 is 1.28 bits per heavy atom. The van der Waals surface area contributed by atoms with Crippen molar-refractivity contribution in [3.63, 3.8) is 0 Å². The maximum atomic E-state index is 13.4. The molecule has 1 N–H and O–H groups in total. The molecule has 2 aromatic carbocycles. The van der Waals surface area contributed by atoms with E-state index in [1.807, 2.05) is 31.1 Å². The van der Waals surface area contributed by atoms with Crippen LogP contribution in [-0.4, -0.2) is 38.1 Å². The number of halogens is 1. The fourth-order valence-electron chi connectivity index (χ4n) is 2.40. The van der Waals surface area contributed by atoms with Crippen LogP contribution in [0.5, 0.6) is 5.75 Å². The van der Waals surface area contributed by atoms with Crippen LogP contribution in [0.2, 0.25) is 0 Å². The van der Waals surface area contributed by atoms with Crippen molar-refractivity contribution < 1.29 is 13.9 Å². The van der Waals surface area contributed by atoms with Crippen molar-refractivity contribution in [3.05, 3.63) is 65.5 Å². The van der Waals surface area contributed by atoms with Gasteiger partial charge in [0, 0.05) is 6.54 Å². The lowest BCUT2D eigenvalue weighted by Gasteiger charge is -2.25. The zero-order chi connectivity index (χ0) is 18.2. The van der Waals surface area contributed by atoms with Crippen molar-refractivity contribution in [2.24, 2.45) is 0 Å². The maximum Gasteiger partial charge on any atom is 0.258 e. The summed E-state index contributed by atoms with van der Waals surface area (Å²) in [4.78, 5) is 13.9. The lowest BCUT2D eigenvalue weighted by atomic mass is 10.1. The minimum absolute atomic E-state index is 0.161. The van der Waals surface area contributed by atoms with Crippen LogP contribution in [0.3, 0.4) is 0 Å². The molecule has 6 heteroatoms. The molecule has 0 heterocycles. The minimum Gasteiger partial charge on any atom is -0.482 e. The number of carbonyl (C=O) groups excluding carboxylic acids is 1. The summed E-state index contributed by atoms with van der Waals surface area (Å²) >= 11 is 0. The Morgan fingerprint density at radius 3 is 2.72 bits per heavy atom. The summed E-state index contributed by atoms with van der Waals surface area (Å²) in [6, 6.07) is 14.9. The van der Waals surface area contributed by atoms with Gasteiger partial charge < -0.3 is 15.0 Å². The van der Waals surface area contributed by atoms with E-state index >= 15 is 0 Å². The Labute approximate surface area is 146 Å². The number of nitrogens with zero attached hydrogens (tertiary/aromatic N) is 2. The zero-order valence-electron chi connectivity index (χ0n) is 14.2. The van der Waals surface area contributed by atoms with Crippen LogP contribution in [0, 0.1) is 17.1 Å². The predicted molar refractivity (Wildman–Crippen MR) is 92.5 cm³/mol. The van der Waals surface area contributed by atoms with Crippen molar-refractivity contribution >= 4 is 5.91 Å². The Kier molecular flexibility index (Phi) is 6.49. The van der Waals surface area contributed by atoms with Gasteiger partial charge >= 0.3 is 0 Å². The van der Waals surface area contributed by atoms with Crippen molar-refractivity contribution in [2.45, 2.75) is 6.04 Å². The molecule has 2 aromatic rings. The predicted octanol–water partition coefficient (Wildman–Crippen LogP) is 2.50. The number of likely N-dealkylation sites (N-methyl/N-ethyl adjacent to an activating group) is 1. The highest BCUT2D eigenvalue weighted by Crippen LogP contribution is 2.18. The van der Waals surface area contributed by atoms with E-state index in [-0.39, 0.29) is 24.4 Å². The number of amides is 1. The first kappa shape index (κ1) is 18.4. The Bertz CT molecular complexity index is 771. The number of carbonyl (C=O) groups is 1. The molecule has 0 saturated carbocycles. The molecule has 0 aliphatic carbocycles. The summed E-state index contributed by atoms with van der Waals surface area (Å²) in [5.41, 5.74) is 1.15. The SMILES string of the molecule is CN(C)[C@H](CNC(=O)COc1ccccc1C#N)c1cccc(F)c1. The van der Waals surface area contributed by atoms with Gasteiger partial charge in [0.15, 0.2) is 6.61 Å². The minimum atomic E-state index is -0.313. The molecule has 0 spiro atoms. The molecule has 1 amide bonds. The van der Waals surface area contributed by atoms with Crippen LogP contribution in [0.1, 0.15) is 17.2 Å². The van der Waals surface area contributed by atoms with E-state index in [0.717, 1.165) is 5.56 Å². The van der Waals surface area contributed by atoms with E-state index < -0.39 is 0 Å². The first-order valence-electron chi connectivity index (χ1n) is 7.81. The van der Waals surface area contributed by atoms with Gasteiger partial charge in [-0.2, -0.15) is 5.26 Å². The van der Waals surface area contributed by atoms with Crippen LogP contribution in [-0.2, 0) is 4.79 Å². The number of benzene rings is 2. The summed E-state index contributed by atoms with van der Waals surface area (Å²) in [6.07, 6.45) is 0. The molecule has 5 nitrogen and oxygen atoms in total. The second-order valence-corrected chi connectivity index (χ2v) is 5.74. The maximum absolute atomic E-state index is 13.4. The van der Waals surface area contributed by atoms with E-state index in [0.29, 0.717) is 17.9 Å². The molecule has 0 fully saturated rings. The number of hydrogen-bond acceptors (Lipinski definition) is 4. The molecule has 0 aromatic heterocycles. The number of ether oxygens (including phenoxy) is 1. The summed E-state index contributed by atoms with van der Waals surface area (Å²) in [6.45, 7) is 0.126. The van der Waals surface area contributed by atoms with E-state index in [2.05, 4.69) is 5.32 Å². The average molecular weight is 341 g/mol. The molecule has 0 bridgehead atoms. The summed E-state index contributed by atoms with van der Waals surface area (Å²) < 4.78 is 18.8. The topological polar surface area (TPSA) is 65.4 Å². The van der Waals surface area contributed by atoms with E-state index in [1.165, 1.54) is 12.1 Å². The van der Waals surface area contributed by atoms with E-state index in [1.54, 1.807) is 30.3 Å². The number of nitrogens with one attached hydrogen (secondary N) is 1. The molecule has 130 valence electrons. The zero-order valence-corrected chi connectivity index (χ0v) is 14.2. The summed E-state index contributed by atoms with van der Waals surface area (Å²) in [5, 5.41) is 11.8. The highest BCUT2D eigenvalue weighted by molar-refractivity contribution is 5.77. The van der Waals surface area contributed by atoms with Crippen molar-refractivity contribution in [3.8, 4) is 11.8 Å². The number of hydrogen-bond donors (Lipinski definition) is 1. The van der Waals surface area contributed by atoms with Crippen LogP contribution < -0.4 is 10.1 Å². The van der Waals surface area contributed by atoms with Crippen LogP contribution in [0.25, 0.3) is 0 Å². The fraction of sp³-hybridized carbons (Fsp3) is 0.263. The van der Waals surface area contributed by atoms with E-state index in [4.69, 9.17) is 10.00 Å². The Hall–Kier alpha value is -2.91. The van der Waals surface area contributed by atoms with Gasteiger partial charge in [0.2, 0.25) is 0 Å². The summed E-state index contributed by atoms with van der Waals surface area (Å²) in [7, 11) is 3.72. The third-order valence-corrected chi connectivity index (χ3v) is 3.72. The Morgan fingerprint density at radius 2 is 2.04 bits per heavy atom. The molecule has 0 saturated heterocycles. The fourth-order valence-corrected chi connectivity index (χ4v) is 2.40. The van der Waals surface area contributed by atoms with Crippen LogP contribution in [0.15, 0.2) is 48.5 Å². The number of nitriles is 1. The molecule has 0 aliphatic rings. The second-order valence-electron chi connectivity index (χ2n) is 5.74. The average Bonchev–Trinajstić information content (AvgIpc) is 2.60. The molecule has 25 heavy (non-hydrogen) atoms. The first-order valence-corrected chi connectivity index (χ1v) is 7.81. The lowest BCUT2D eigenvalue weighted by Crippen LogP contribution is -2.37. The molecule has 0 radical (unpaired) electrons. The molecule has 0 unspecified atom stereocenters. The van der Waals surface area contributed by atoms with Crippen molar-refractivity contribution in [2.75, 3.05) is 27.2 Å². The van der Waals surface area contributed by atoms with E-state index in [9.17, 15) is 9.18 Å². The Balaban J connectivity index is 1.92. The standard InChI is InChI=1S/C19H20FN3O2/c1-23(2)17(14-7-5-8-16(20)10-14)12-22-19(24)13-25-18-9-4-3-6-15(18)11-21/h3-10,17H,12-13H2,1-2H3,(H,22,24)/t17-/m1/s1. The monoisotopic (exact) mass is 341 g/mol. The van der Waals surface area contributed by atoms with Gasteiger partial charge in [0.05, 0.1) is 11.6 Å². The highest BCUT2D eigenvalue weighted by Gasteiger charge is 2.16. The molecular formula is C19H20FN3O2. The van der Waals surface area contributed by atoms with Crippen molar-refractivity contribution in [1.82, 2.24) is 10.2 Å².